The molecule has 0 amide bonds. The van der Waals surface area contributed by atoms with Crippen LogP contribution in [-0.4, -0.2) is 15.6 Å². The molecule has 0 aliphatic carbocycles. The van der Waals surface area contributed by atoms with Gasteiger partial charge in [0.25, 0.3) is 0 Å². The summed E-state index contributed by atoms with van der Waals surface area (Å²) in [4.78, 5) is 21.8. The van der Waals surface area contributed by atoms with E-state index in [1.165, 1.54) is 6.07 Å². The molecule has 6 heteroatoms. The van der Waals surface area contributed by atoms with Crippen molar-refractivity contribution in [2.24, 2.45) is 0 Å². The molecular formula is C9H6ClNO3S. The van der Waals surface area contributed by atoms with Gasteiger partial charge >= 0.3 is 10.8 Å². The predicted octanol–water partition coefficient (Wildman–Crippen LogP) is 1.80. The van der Waals surface area contributed by atoms with Gasteiger partial charge in [-0.25, -0.2) is 0 Å². The van der Waals surface area contributed by atoms with Crippen LogP contribution in [0.25, 0.3) is 10.2 Å². The van der Waals surface area contributed by atoms with E-state index in [1.54, 1.807) is 12.1 Å². The van der Waals surface area contributed by atoms with Crippen molar-refractivity contribution in [2.75, 3.05) is 0 Å². The second-order valence-corrected chi connectivity index (χ2v) is 4.11. The van der Waals surface area contributed by atoms with E-state index in [0.29, 0.717) is 9.27 Å². The number of halogens is 1. The summed E-state index contributed by atoms with van der Waals surface area (Å²) in [6, 6.07) is 4.67. The highest BCUT2D eigenvalue weighted by atomic mass is 35.5. The molecule has 4 nitrogen and oxygen atoms in total. The Morgan fingerprint density at radius 1 is 1.67 bits per heavy atom. The van der Waals surface area contributed by atoms with E-state index in [4.69, 9.17) is 19.4 Å². The molecule has 0 bridgehead atoms. The summed E-state index contributed by atoms with van der Waals surface area (Å²) in [7, 11) is 0. The number of hydrogen-bond acceptors (Lipinski definition) is 3. The molecular weight excluding hydrogens is 240 g/mol. The number of carboxylic acids is 1. The first-order valence-corrected chi connectivity index (χ1v) is 5.09. The van der Waals surface area contributed by atoms with Crippen LogP contribution in [-0.2, 0) is 11.3 Å². The van der Waals surface area contributed by atoms with Crippen LogP contribution in [0.4, 0.5) is 0 Å². The maximum Gasteiger partial charge on any atom is 0.323 e. The molecule has 0 unspecified atom stereocenters. The number of aliphatic carboxylic acids is 1. The minimum absolute atomic E-state index is 0.108. The van der Waals surface area contributed by atoms with Crippen LogP contribution in [0.5, 0.6) is 0 Å². The fourth-order valence-electron chi connectivity index (χ4n) is 1.22. The van der Waals surface area contributed by atoms with Gasteiger partial charge in [-0.1, -0.05) is 29.0 Å². The van der Waals surface area contributed by atoms with E-state index in [0.717, 1.165) is 11.3 Å². The highest BCUT2D eigenvalue weighted by Crippen LogP contribution is 2.24. The lowest BCUT2D eigenvalue weighted by atomic mass is 10.3. The normalized spacial score (nSPS) is 13.7. The lowest BCUT2D eigenvalue weighted by Crippen LogP contribution is -2.18. The summed E-state index contributed by atoms with van der Waals surface area (Å²) >= 11 is 6.63. The van der Waals surface area contributed by atoms with Gasteiger partial charge in [0.15, 0.2) is 0 Å². The van der Waals surface area contributed by atoms with Crippen molar-refractivity contribution in [3.63, 3.8) is 0 Å². The number of benzene rings is 1. The Kier molecular flexibility index (Phi) is 1.93. The monoisotopic (exact) mass is 247 g/mol. The molecule has 0 atom stereocenters. The third-order valence-corrected chi connectivity index (χ3v) is 2.97. The van der Waals surface area contributed by atoms with Gasteiger partial charge in [-0.2, -0.15) is 0 Å². The molecule has 0 saturated heterocycles. The van der Waals surface area contributed by atoms with Crippen LogP contribution in [0, 0.1) is 0 Å². The molecule has 1 aromatic carbocycles. The standard InChI is InChI=1S/C9H6ClNO3S/c10-5-2-1-3-6-8(5)11(4-7(12)13)9(14)15-6/h1-3H,4H2,(H,12,13)/i4+1D2,7+1. The largest absolute Gasteiger partial charge is 0.480 e. The van der Waals surface area contributed by atoms with Gasteiger partial charge in [0.05, 0.1) is 18.0 Å². The molecule has 1 aromatic heterocycles. The number of aromatic nitrogens is 1. The Balaban J connectivity index is 2.91. The van der Waals surface area contributed by atoms with Gasteiger partial charge in [-0.15, -0.1) is 0 Å². The van der Waals surface area contributed by atoms with E-state index in [-0.39, 0.29) is 10.5 Å². The fraction of sp³-hybridized carbons (Fsp3) is 0.111. The molecule has 1 N–H and O–H groups in total. The van der Waals surface area contributed by atoms with Gasteiger partial charge in [0.2, 0.25) is 0 Å². The van der Waals surface area contributed by atoms with E-state index < -0.39 is 17.3 Å². The van der Waals surface area contributed by atoms with Crippen LogP contribution in [0.3, 0.4) is 0 Å². The number of rotatable bonds is 2. The highest BCUT2D eigenvalue weighted by molar-refractivity contribution is 7.16. The fourth-order valence-corrected chi connectivity index (χ4v) is 2.40. The number of thiazole rings is 1. The van der Waals surface area contributed by atoms with Crippen LogP contribution < -0.4 is 4.87 Å². The molecule has 78 valence electrons. The van der Waals surface area contributed by atoms with E-state index in [1.807, 2.05) is 0 Å². The molecule has 0 fully saturated rings. The smallest absolute Gasteiger partial charge is 0.323 e. The van der Waals surface area contributed by atoms with Gasteiger partial charge < -0.3 is 5.11 Å². The Bertz CT molecular complexity index is 664. The van der Waals surface area contributed by atoms with Crippen LogP contribution in [0.15, 0.2) is 23.0 Å². The Morgan fingerprint density at radius 2 is 2.40 bits per heavy atom. The maximum absolute atomic E-state index is 11.7. The molecule has 0 aliphatic rings. The maximum atomic E-state index is 11.7. The average molecular weight is 248 g/mol. The van der Waals surface area contributed by atoms with Crippen molar-refractivity contribution < 1.29 is 12.6 Å². The SMILES string of the molecule is [2H][13C]([2H])([13C](=O)O)n1c(=O)sc2cccc(Cl)c21. The van der Waals surface area contributed by atoms with Gasteiger partial charge in [-0.05, 0) is 12.1 Å². The third kappa shape index (κ3) is 1.75. The number of nitrogens with zero attached hydrogens (tertiary/aromatic N) is 1. The summed E-state index contributed by atoms with van der Waals surface area (Å²) < 4.78 is 15.9. The first kappa shape index (κ1) is 7.90. The van der Waals surface area contributed by atoms with Crippen LogP contribution >= 0.6 is 22.9 Å². The van der Waals surface area contributed by atoms with E-state index in [2.05, 4.69) is 0 Å². The number of carbonyl (C=O) groups is 1. The molecule has 1 heterocycles. The number of para-hydroxylation sites is 1. The molecule has 15 heavy (non-hydrogen) atoms. The number of hydrogen-bond donors (Lipinski definition) is 1. The van der Waals surface area contributed by atoms with Crippen LogP contribution in [0.1, 0.15) is 2.74 Å². The Labute approximate surface area is 96.1 Å². The van der Waals surface area contributed by atoms with Crippen LogP contribution in [0.2, 0.25) is 5.02 Å². The van der Waals surface area contributed by atoms with Crippen molar-refractivity contribution in [1.82, 2.24) is 4.57 Å². The zero-order valence-corrected chi connectivity index (χ0v) is 8.80. The highest BCUT2D eigenvalue weighted by Gasteiger charge is 2.12. The van der Waals surface area contributed by atoms with Gasteiger partial charge in [-0.3, -0.25) is 14.2 Å². The van der Waals surface area contributed by atoms with Crippen molar-refractivity contribution in [1.29, 1.82) is 0 Å². The van der Waals surface area contributed by atoms with Crippen molar-refractivity contribution in [3.05, 3.63) is 32.9 Å². The zero-order chi connectivity index (χ0) is 12.8. The lowest BCUT2D eigenvalue weighted by Gasteiger charge is -2.00. The zero-order valence-electron chi connectivity index (χ0n) is 9.23. The third-order valence-electron chi connectivity index (χ3n) is 1.76. The second kappa shape index (κ2) is 3.67. The minimum atomic E-state index is -2.82. The number of carboxylic acid groups (broad SMARTS) is 1. The predicted molar refractivity (Wildman–Crippen MR) is 58.7 cm³/mol. The first-order valence-electron chi connectivity index (χ1n) is 4.89. The molecule has 0 spiro atoms. The van der Waals surface area contributed by atoms with Gasteiger partial charge in [0.1, 0.15) is 6.50 Å². The average Bonchev–Trinajstić information content (AvgIpc) is 2.56. The molecule has 0 saturated carbocycles. The summed E-state index contributed by atoms with van der Waals surface area (Å²) in [6.45, 7) is -2.82. The summed E-state index contributed by atoms with van der Waals surface area (Å²) in [6.07, 6.45) is 0. The molecule has 0 radical (unpaired) electrons. The summed E-state index contributed by atoms with van der Waals surface area (Å²) in [5.41, 5.74) is 0.108. The molecule has 2 aromatic rings. The van der Waals surface area contributed by atoms with Crippen molar-refractivity contribution in [2.45, 2.75) is 6.50 Å². The van der Waals surface area contributed by atoms with Crippen molar-refractivity contribution >= 4 is 39.1 Å². The minimum Gasteiger partial charge on any atom is -0.480 e. The number of fused-ring (bicyclic) bond motifs is 1. The van der Waals surface area contributed by atoms with Crippen molar-refractivity contribution in [3.8, 4) is 0 Å². The van der Waals surface area contributed by atoms with Gasteiger partial charge in [0, 0.05) is 0 Å². The molecule has 2 rings (SSSR count). The topological polar surface area (TPSA) is 59.3 Å². The quantitative estimate of drug-likeness (QED) is 0.824. The summed E-state index contributed by atoms with van der Waals surface area (Å²) in [5.74, 6) is -1.74. The van der Waals surface area contributed by atoms with E-state index >= 15 is 0 Å². The second-order valence-electron chi connectivity index (χ2n) is 2.71. The van der Waals surface area contributed by atoms with E-state index in [9.17, 15) is 9.59 Å². The molecule has 0 aliphatic heterocycles. The Hall–Kier alpha value is -1.33. The Morgan fingerprint density at radius 3 is 3.07 bits per heavy atom. The lowest BCUT2D eigenvalue weighted by molar-refractivity contribution is -0.137. The summed E-state index contributed by atoms with van der Waals surface area (Å²) in [5, 5.41) is 8.96. The first-order chi connectivity index (χ1) is 7.85.